The average Bonchev–Trinajstić information content (AvgIpc) is 2.74. The molecular weight excluding hydrogens is 356 g/mol. The molecule has 0 spiro atoms. The van der Waals surface area contributed by atoms with Crippen LogP contribution in [0, 0.1) is 0 Å². The van der Waals surface area contributed by atoms with E-state index in [1.807, 2.05) is 36.4 Å². The zero-order chi connectivity index (χ0) is 20.4. The van der Waals surface area contributed by atoms with Gasteiger partial charge in [-0.2, -0.15) is 0 Å². The number of carbonyl (C=O) groups is 2. The molecule has 0 fully saturated rings. The maximum atomic E-state index is 11.8. The molecule has 0 heterocycles. The number of rotatable bonds is 8. The summed E-state index contributed by atoms with van der Waals surface area (Å²) in [6.07, 6.45) is 4.03. The van der Waals surface area contributed by atoms with Crippen molar-refractivity contribution >= 4 is 17.9 Å². The first-order valence-corrected chi connectivity index (χ1v) is 9.15. The topological polar surface area (TPSA) is 76.7 Å². The van der Waals surface area contributed by atoms with Gasteiger partial charge in [-0.3, -0.25) is 20.4 Å². The van der Waals surface area contributed by atoms with Crippen LogP contribution in [-0.2, 0) is 9.59 Å². The normalized spacial score (nSPS) is 11.7. The van der Waals surface area contributed by atoms with Gasteiger partial charge in [0.25, 0.3) is 11.8 Å². The van der Waals surface area contributed by atoms with Gasteiger partial charge in [-0.15, -0.1) is 0 Å². The third-order valence-electron chi connectivity index (χ3n) is 4.30. The highest BCUT2D eigenvalue weighted by atomic mass is 16.5. The highest BCUT2D eigenvalue weighted by Gasteiger charge is 2.06. The molecule has 0 aliphatic rings. The minimum Gasteiger partial charge on any atom is -0.497 e. The fourth-order valence-electron chi connectivity index (χ4n) is 2.37. The Balaban J connectivity index is 1.72. The first kappa shape index (κ1) is 21.0. The van der Waals surface area contributed by atoms with Crippen molar-refractivity contribution < 1.29 is 19.1 Å². The lowest BCUT2D eigenvalue weighted by Crippen LogP contribution is -2.43. The van der Waals surface area contributed by atoms with Gasteiger partial charge in [0.15, 0.2) is 6.61 Å². The number of ether oxygens (including phenoxy) is 2. The molecule has 2 amide bonds. The van der Waals surface area contributed by atoms with Gasteiger partial charge in [-0.1, -0.05) is 38.1 Å². The predicted molar refractivity (Wildman–Crippen MR) is 109 cm³/mol. The molecule has 0 bridgehead atoms. The van der Waals surface area contributed by atoms with Crippen LogP contribution in [0.2, 0.25) is 0 Å². The predicted octanol–water partition coefficient (Wildman–Crippen LogP) is 3.45. The number of hydrogen-bond donors (Lipinski definition) is 2. The summed E-state index contributed by atoms with van der Waals surface area (Å²) in [5, 5.41) is 0. The number of nitrogens with one attached hydrogen (secondary N) is 2. The van der Waals surface area contributed by atoms with Crippen molar-refractivity contribution in [2.45, 2.75) is 26.2 Å². The van der Waals surface area contributed by atoms with Crippen LogP contribution >= 0.6 is 0 Å². The van der Waals surface area contributed by atoms with E-state index in [-0.39, 0.29) is 6.61 Å². The number of hydrazine groups is 1. The SMILES string of the molecule is CCC(C)c1ccc(OCC(=O)NNC(=O)/C=C/c2ccc(OC)cc2)cc1. The second-order valence-electron chi connectivity index (χ2n) is 6.31. The van der Waals surface area contributed by atoms with Crippen LogP contribution in [0.25, 0.3) is 6.08 Å². The molecule has 0 radical (unpaired) electrons. The van der Waals surface area contributed by atoms with Gasteiger partial charge in [0.05, 0.1) is 7.11 Å². The first-order chi connectivity index (χ1) is 13.5. The molecule has 0 aliphatic carbocycles. The molecule has 0 aromatic heterocycles. The first-order valence-electron chi connectivity index (χ1n) is 9.15. The van der Waals surface area contributed by atoms with Gasteiger partial charge in [0, 0.05) is 6.08 Å². The summed E-state index contributed by atoms with van der Waals surface area (Å²) in [5.74, 6) is 0.939. The molecule has 2 aromatic carbocycles. The Bertz CT molecular complexity index is 798. The molecule has 0 saturated carbocycles. The van der Waals surface area contributed by atoms with Crippen molar-refractivity contribution in [2.24, 2.45) is 0 Å². The third kappa shape index (κ3) is 6.79. The Kier molecular flexibility index (Phi) is 8.09. The van der Waals surface area contributed by atoms with E-state index in [2.05, 4.69) is 24.7 Å². The maximum Gasteiger partial charge on any atom is 0.276 e. The summed E-state index contributed by atoms with van der Waals surface area (Å²) in [4.78, 5) is 23.6. The summed E-state index contributed by atoms with van der Waals surface area (Å²) < 4.78 is 10.5. The lowest BCUT2D eigenvalue weighted by Gasteiger charge is -2.11. The standard InChI is InChI=1S/C22H26N2O4/c1-4-16(2)18-8-12-20(13-9-18)28-15-22(26)24-23-21(25)14-7-17-5-10-19(27-3)11-6-17/h5-14,16H,4,15H2,1-3H3,(H,23,25)(H,24,26)/b14-7+. The molecule has 6 nitrogen and oxygen atoms in total. The van der Waals surface area contributed by atoms with Gasteiger partial charge in [-0.25, -0.2) is 0 Å². The zero-order valence-corrected chi connectivity index (χ0v) is 16.4. The lowest BCUT2D eigenvalue weighted by molar-refractivity contribution is -0.128. The largest absolute Gasteiger partial charge is 0.497 e. The summed E-state index contributed by atoms with van der Waals surface area (Å²) in [6.45, 7) is 4.11. The minimum absolute atomic E-state index is 0.189. The Morgan fingerprint density at radius 3 is 2.25 bits per heavy atom. The van der Waals surface area contributed by atoms with Crippen LogP contribution in [0.3, 0.4) is 0 Å². The molecule has 1 atom stereocenters. The summed E-state index contributed by atoms with van der Waals surface area (Å²) in [6, 6.07) is 14.9. The number of amides is 2. The molecule has 28 heavy (non-hydrogen) atoms. The second kappa shape index (κ2) is 10.8. The second-order valence-corrected chi connectivity index (χ2v) is 6.31. The van der Waals surface area contributed by atoms with Gasteiger partial charge in [0.2, 0.25) is 0 Å². The van der Waals surface area contributed by atoms with Crippen molar-refractivity contribution in [3.8, 4) is 11.5 Å². The van der Waals surface area contributed by atoms with Gasteiger partial charge in [0.1, 0.15) is 11.5 Å². The van der Waals surface area contributed by atoms with Crippen LogP contribution in [0.1, 0.15) is 37.3 Å². The highest BCUT2D eigenvalue weighted by molar-refractivity contribution is 5.93. The van der Waals surface area contributed by atoms with Crippen molar-refractivity contribution in [2.75, 3.05) is 13.7 Å². The zero-order valence-electron chi connectivity index (χ0n) is 16.4. The van der Waals surface area contributed by atoms with Crippen LogP contribution in [0.15, 0.2) is 54.6 Å². The molecule has 2 aromatic rings. The number of benzene rings is 2. The van der Waals surface area contributed by atoms with Gasteiger partial charge < -0.3 is 9.47 Å². The van der Waals surface area contributed by atoms with Gasteiger partial charge in [-0.05, 0) is 53.8 Å². The monoisotopic (exact) mass is 382 g/mol. The highest BCUT2D eigenvalue weighted by Crippen LogP contribution is 2.21. The molecule has 148 valence electrons. The van der Waals surface area contributed by atoms with Gasteiger partial charge >= 0.3 is 0 Å². The molecule has 1 unspecified atom stereocenters. The average molecular weight is 382 g/mol. The van der Waals surface area contributed by atoms with Crippen LogP contribution in [-0.4, -0.2) is 25.5 Å². The third-order valence-corrected chi connectivity index (χ3v) is 4.30. The smallest absolute Gasteiger partial charge is 0.276 e. The van der Waals surface area contributed by atoms with E-state index in [1.54, 1.807) is 25.3 Å². The summed E-state index contributed by atoms with van der Waals surface area (Å²) in [7, 11) is 1.59. The molecule has 2 rings (SSSR count). The quantitative estimate of drug-likeness (QED) is 0.542. The van der Waals surface area contributed by atoms with Crippen molar-refractivity contribution in [1.29, 1.82) is 0 Å². The van der Waals surface area contributed by atoms with E-state index >= 15 is 0 Å². The minimum atomic E-state index is -0.447. The fraction of sp³-hybridized carbons (Fsp3) is 0.273. The Labute approximate surface area is 165 Å². The van der Waals surface area contributed by atoms with E-state index in [4.69, 9.17) is 9.47 Å². The van der Waals surface area contributed by atoms with Crippen LogP contribution in [0.4, 0.5) is 0 Å². The Morgan fingerprint density at radius 1 is 1.00 bits per heavy atom. The Morgan fingerprint density at radius 2 is 1.64 bits per heavy atom. The van der Waals surface area contributed by atoms with Crippen molar-refractivity contribution in [1.82, 2.24) is 10.9 Å². The molecule has 6 heteroatoms. The number of carbonyl (C=O) groups excluding carboxylic acids is 2. The summed E-state index contributed by atoms with van der Waals surface area (Å²) in [5.41, 5.74) is 6.70. The van der Waals surface area contributed by atoms with Crippen LogP contribution in [0.5, 0.6) is 11.5 Å². The maximum absolute atomic E-state index is 11.8. The van der Waals surface area contributed by atoms with E-state index in [0.717, 1.165) is 17.7 Å². The molecular formula is C22H26N2O4. The molecule has 0 saturated heterocycles. The molecule has 2 N–H and O–H groups in total. The molecule has 0 aliphatic heterocycles. The van der Waals surface area contributed by atoms with Crippen LogP contribution < -0.4 is 20.3 Å². The van der Waals surface area contributed by atoms with E-state index in [1.165, 1.54) is 11.6 Å². The van der Waals surface area contributed by atoms with E-state index in [9.17, 15) is 9.59 Å². The fourth-order valence-corrected chi connectivity index (χ4v) is 2.37. The van der Waals surface area contributed by atoms with Crippen molar-refractivity contribution in [3.05, 3.63) is 65.7 Å². The van der Waals surface area contributed by atoms with E-state index < -0.39 is 11.8 Å². The lowest BCUT2D eigenvalue weighted by atomic mass is 9.99. The summed E-state index contributed by atoms with van der Waals surface area (Å²) >= 11 is 0. The number of hydrogen-bond acceptors (Lipinski definition) is 4. The Hall–Kier alpha value is -3.28. The van der Waals surface area contributed by atoms with Crippen molar-refractivity contribution in [3.63, 3.8) is 0 Å². The number of methoxy groups -OCH3 is 1. The van der Waals surface area contributed by atoms with E-state index in [0.29, 0.717) is 11.7 Å².